The molecule has 5 nitrogen and oxygen atoms in total. The Balaban J connectivity index is 3.16. The Hall–Kier alpha value is -1.10. The number of rotatable bonds is 3. The average Bonchev–Trinajstić information content (AvgIpc) is 1.66. The van der Waals surface area contributed by atoms with E-state index >= 15 is 0 Å². The molecule has 0 heterocycles. The second-order valence-electron chi connectivity index (χ2n) is 0.883. The topological polar surface area (TPSA) is 72.6 Å². The van der Waals surface area contributed by atoms with Crippen LogP contribution in [0.5, 0.6) is 0 Å². The maximum atomic E-state index is 9.32. The number of hydrogen-bond donors (Lipinski definition) is 1. The van der Waals surface area contributed by atoms with Crippen molar-refractivity contribution < 1.29 is 15.0 Å². The highest BCUT2D eigenvalue weighted by atomic mass is 16.9. The van der Waals surface area contributed by atoms with Crippen LogP contribution in [0.4, 0.5) is 0 Å². The van der Waals surface area contributed by atoms with Crippen LogP contribution in [0.3, 0.4) is 0 Å². The first-order valence-corrected chi connectivity index (χ1v) is 1.84. The maximum absolute atomic E-state index is 9.32. The van der Waals surface area contributed by atoms with E-state index in [-0.39, 0.29) is 6.61 Å². The van der Waals surface area contributed by atoms with E-state index in [4.69, 9.17) is 5.11 Å². The Bertz CT molecular complexity index is 99.5. The van der Waals surface area contributed by atoms with Gasteiger partial charge in [-0.2, -0.15) is 0 Å². The molecule has 0 radical (unpaired) electrons. The molecule has 0 aromatic heterocycles. The van der Waals surface area contributed by atoms with Crippen molar-refractivity contribution in [3.05, 3.63) is 22.5 Å². The Morgan fingerprint density at radius 2 is 2.50 bits per heavy atom. The zero-order chi connectivity index (χ0) is 6.41. The highest BCUT2D eigenvalue weighted by molar-refractivity contribution is 4.69. The van der Waals surface area contributed by atoms with Crippen LogP contribution in [-0.4, -0.2) is 16.8 Å². The second kappa shape index (κ2) is 4.07. The quantitative estimate of drug-likeness (QED) is 0.314. The van der Waals surface area contributed by atoms with Crippen molar-refractivity contribution in [1.82, 2.24) is 0 Å². The minimum Gasteiger partial charge on any atom is -0.392 e. The number of hydrogen-bond acceptors (Lipinski definition) is 4. The van der Waals surface area contributed by atoms with Crippen LogP contribution in [-0.2, 0) is 4.84 Å². The molecule has 0 rings (SSSR count). The molecule has 0 bridgehead atoms. The molecule has 0 aliphatic rings. The Morgan fingerprint density at radius 3 is 2.88 bits per heavy atom. The minimum atomic E-state index is -0.966. The lowest BCUT2D eigenvalue weighted by Crippen LogP contribution is -1.92. The van der Waals surface area contributed by atoms with E-state index < -0.39 is 5.09 Å². The van der Waals surface area contributed by atoms with Crippen molar-refractivity contribution in [3.8, 4) is 0 Å². The summed E-state index contributed by atoms with van der Waals surface area (Å²) in [5.74, 6) is 0. The monoisotopic (exact) mass is 119 g/mol. The first-order chi connectivity index (χ1) is 3.77. The molecule has 0 fully saturated rings. The molecule has 0 saturated carbocycles. The molecule has 0 aromatic carbocycles. The standard InChI is InChI=1S/C3H5NO4/c5-2-1-3-8-4(6)7/h1,3,5H,2H2. The summed E-state index contributed by atoms with van der Waals surface area (Å²) in [6.45, 7) is -0.256. The van der Waals surface area contributed by atoms with E-state index in [1.165, 1.54) is 0 Å². The molecule has 5 heteroatoms. The van der Waals surface area contributed by atoms with Crippen LogP contribution >= 0.6 is 0 Å². The summed E-state index contributed by atoms with van der Waals surface area (Å²) < 4.78 is 0. The number of nitrogens with zero attached hydrogens (tertiary/aromatic N) is 1. The van der Waals surface area contributed by atoms with Gasteiger partial charge in [-0.15, -0.1) is 10.1 Å². The van der Waals surface area contributed by atoms with Crippen LogP contribution in [0.2, 0.25) is 0 Å². The van der Waals surface area contributed by atoms with Gasteiger partial charge in [-0.25, -0.2) is 0 Å². The van der Waals surface area contributed by atoms with Crippen molar-refractivity contribution in [2.24, 2.45) is 0 Å². The Labute approximate surface area is 45.3 Å². The van der Waals surface area contributed by atoms with Gasteiger partial charge < -0.3 is 5.11 Å². The SMILES string of the molecule is O=[N+]([O-])OC=CCO. The Morgan fingerprint density at radius 1 is 1.88 bits per heavy atom. The van der Waals surface area contributed by atoms with E-state index in [0.29, 0.717) is 0 Å². The fourth-order valence-electron chi connectivity index (χ4n) is 0.136. The average molecular weight is 119 g/mol. The maximum Gasteiger partial charge on any atom is 0.299 e. The molecular weight excluding hydrogens is 114 g/mol. The molecule has 8 heavy (non-hydrogen) atoms. The molecule has 0 spiro atoms. The van der Waals surface area contributed by atoms with Gasteiger partial charge in [-0.1, -0.05) is 0 Å². The summed E-state index contributed by atoms with van der Waals surface area (Å²) in [6.07, 6.45) is 1.92. The van der Waals surface area contributed by atoms with Gasteiger partial charge in [0.1, 0.15) is 0 Å². The van der Waals surface area contributed by atoms with Gasteiger partial charge in [0, 0.05) is 0 Å². The molecule has 0 aliphatic heterocycles. The van der Waals surface area contributed by atoms with Crippen molar-refractivity contribution in [1.29, 1.82) is 0 Å². The van der Waals surface area contributed by atoms with Crippen LogP contribution in [0.15, 0.2) is 12.3 Å². The van der Waals surface area contributed by atoms with Crippen LogP contribution in [0.1, 0.15) is 0 Å². The van der Waals surface area contributed by atoms with Crippen LogP contribution in [0.25, 0.3) is 0 Å². The molecule has 0 amide bonds. The predicted octanol–water partition coefficient (Wildman–Crippen LogP) is -0.299. The number of aliphatic hydroxyl groups is 1. The van der Waals surface area contributed by atoms with Gasteiger partial charge in [0.2, 0.25) is 0 Å². The Kier molecular flexibility index (Phi) is 3.51. The summed E-state index contributed by atoms with van der Waals surface area (Å²) in [4.78, 5) is 13.0. The fraction of sp³-hybridized carbons (Fsp3) is 0.333. The van der Waals surface area contributed by atoms with Gasteiger partial charge >= 0.3 is 0 Å². The predicted molar refractivity (Wildman–Crippen MR) is 24.3 cm³/mol. The van der Waals surface area contributed by atoms with E-state index in [9.17, 15) is 10.1 Å². The molecule has 0 unspecified atom stereocenters. The molecule has 46 valence electrons. The summed E-state index contributed by atoms with van der Waals surface area (Å²) in [5.41, 5.74) is 0. The summed E-state index contributed by atoms with van der Waals surface area (Å²) >= 11 is 0. The third-order valence-electron chi connectivity index (χ3n) is 0.349. The fourth-order valence-corrected chi connectivity index (χ4v) is 0.136. The highest BCUT2D eigenvalue weighted by Gasteiger charge is 1.83. The third-order valence-corrected chi connectivity index (χ3v) is 0.349. The van der Waals surface area contributed by atoms with Crippen molar-refractivity contribution in [3.63, 3.8) is 0 Å². The molecule has 1 N–H and O–H groups in total. The van der Waals surface area contributed by atoms with E-state index in [1.807, 2.05) is 0 Å². The molecule has 0 aliphatic carbocycles. The summed E-state index contributed by atoms with van der Waals surface area (Å²) in [7, 11) is 0. The summed E-state index contributed by atoms with van der Waals surface area (Å²) in [5, 5.41) is 16.3. The van der Waals surface area contributed by atoms with Gasteiger partial charge in [0.25, 0.3) is 5.09 Å². The second-order valence-corrected chi connectivity index (χ2v) is 0.883. The van der Waals surface area contributed by atoms with Crippen LogP contribution in [0, 0.1) is 10.1 Å². The first kappa shape index (κ1) is 6.90. The normalized spacial score (nSPS) is 9.62. The zero-order valence-electron chi connectivity index (χ0n) is 3.98. The largest absolute Gasteiger partial charge is 0.392 e. The molecule has 0 aromatic rings. The van der Waals surface area contributed by atoms with E-state index in [1.54, 1.807) is 0 Å². The first-order valence-electron chi connectivity index (χ1n) is 1.84. The zero-order valence-corrected chi connectivity index (χ0v) is 3.98. The van der Waals surface area contributed by atoms with Gasteiger partial charge in [0.15, 0.2) is 0 Å². The van der Waals surface area contributed by atoms with Crippen molar-refractivity contribution in [2.75, 3.05) is 6.61 Å². The number of aliphatic hydroxyl groups excluding tert-OH is 1. The van der Waals surface area contributed by atoms with E-state index in [0.717, 1.165) is 12.3 Å². The third kappa shape index (κ3) is 4.90. The van der Waals surface area contributed by atoms with Crippen molar-refractivity contribution in [2.45, 2.75) is 0 Å². The smallest absolute Gasteiger partial charge is 0.299 e. The van der Waals surface area contributed by atoms with Gasteiger partial charge in [-0.05, 0) is 6.08 Å². The molecule has 0 saturated heterocycles. The lowest BCUT2D eigenvalue weighted by atomic mass is 10.7. The van der Waals surface area contributed by atoms with Crippen molar-refractivity contribution >= 4 is 0 Å². The lowest BCUT2D eigenvalue weighted by Gasteiger charge is -1.82. The molecular formula is C3H5NO4. The van der Waals surface area contributed by atoms with E-state index in [2.05, 4.69) is 4.84 Å². The minimum absolute atomic E-state index is 0.256. The van der Waals surface area contributed by atoms with Crippen LogP contribution < -0.4 is 0 Å². The molecule has 0 atom stereocenters. The van der Waals surface area contributed by atoms with Gasteiger partial charge in [0.05, 0.1) is 12.9 Å². The lowest BCUT2D eigenvalue weighted by molar-refractivity contribution is -0.737. The summed E-state index contributed by atoms with van der Waals surface area (Å²) in [6, 6.07) is 0. The highest BCUT2D eigenvalue weighted by Crippen LogP contribution is 1.74. The van der Waals surface area contributed by atoms with Gasteiger partial charge in [-0.3, -0.25) is 4.84 Å².